The molecule has 4 atom stereocenters. The van der Waals surface area contributed by atoms with Crippen LogP contribution in [0.2, 0.25) is 0 Å². The van der Waals surface area contributed by atoms with E-state index in [4.69, 9.17) is 5.73 Å². The first-order valence-corrected chi connectivity index (χ1v) is 6.83. The summed E-state index contributed by atoms with van der Waals surface area (Å²) in [5, 5.41) is 0.865. The van der Waals surface area contributed by atoms with Gasteiger partial charge in [-0.15, -0.1) is 0 Å². The highest BCUT2D eigenvalue weighted by molar-refractivity contribution is 8.00. The van der Waals surface area contributed by atoms with Crippen molar-refractivity contribution in [3.05, 3.63) is 0 Å². The predicted octanol–water partition coefficient (Wildman–Crippen LogP) is 1.55. The molecule has 4 unspecified atom stereocenters. The quantitative estimate of drug-likeness (QED) is 0.756. The van der Waals surface area contributed by atoms with E-state index in [-0.39, 0.29) is 0 Å². The first-order chi connectivity index (χ1) is 6.70. The molecule has 14 heavy (non-hydrogen) atoms. The van der Waals surface area contributed by atoms with Crippen LogP contribution in [-0.2, 0) is 0 Å². The summed E-state index contributed by atoms with van der Waals surface area (Å²) >= 11 is 2.13. The van der Waals surface area contributed by atoms with Crippen molar-refractivity contribution in [3.8, 4) is 0 Å². The van der Waals surface area contributed by atoms with E-state index in [0.717, 1.165) is 29.8 Å². The molecule has 2 rings (SSSR count). The second kappa shape index (κ2) is 4.42. The highest BCUT2D eigenvalue weighted by Gasteiger charge is 2.36. The van der Waals surface area contributed by atoms with Gasteiger partial charge in [0.1, 0.15) is 0 Å². The smallest absolute Gasteiger partial charge is 0.0199 e. The molecule has 3 heteroatoms. The third kappa shape index (κ3) is 2.10. The van der Waals surface area contributed by atoms with Gasteiger partial charge in [-0.3, -0.25) is 4.90 Å². The van der Waals surface area contributed by atoms with Crippen LogP contribution >= 0.6 is 11.8 Å². The zero-order valence-electron chi connectivity index (χ0n) is 9.28. The Kier molecular flexibility index (Phi) is 3.40. The van der Waals surface area contributed by atoms with E-state index in [1.54, 1.807) is 0 Å². The molecule has 0 aromatic heterocycles. The van der Waals surface area contributed by atoms with E-state index in [2.05, 4.69) is 30.5 Å². The van der Waals surface area contributed by atoms with Gasteiger partial charge in [0.05, 0.1) is 0 Å². The fourth-order valence-electron chi connectivity index (χ4n) is 2.88. The molecule has 2 N–H and O–H groups in total. The van der Waals surface area contributed by atoms with Gasteiger partial charge >= 0.3 is 0 Å². The van der Waals surface area contributed by atoms with Crippen molar-refractivity contribution >= 4 is 11.8 Å². The van der Waals surface area contributed by atoms with Gasteiger partial charge in [0.2, 0.25) is 0 Å². The topological polar surface area (TPSA) is 29.3 Å². The van der Waals surface area contributed by atoms with Gasteiger partial charge in [0.15, 0.2) is 0 Å². The van der Waals surface area contributed by atoms with Crippen molar-refractivity contribution in [1.29, 1.82) is 0 Å². The summed E-state index contributed by atoms with van der Waals surface area (Å²) in [6.45, 7) is 6.83. The van der Waals surface area contributed by atoms with Crippen molar-refractivity contribution in [3.63, 3.8) is 0 Å². The van der Waals surface area contributed by atoms with E-state index in [1.165, 1.54) is 25.1 Å². The molecule has 2 fully saturated rings. The fourth-order valence-corrected chi connectivity index (χ4v) is 4.11. The summed E-state index contributed by atoms with van der Waals surface area (Å²) < 4.78 is 0. The Bertz CT molecular complexity index is 198. The summed E-state index contributed by atoms with van der Waals surface area (Å²) in [5.41, 5.74) is 5.75. The summed E-state index contributed by atoms with van der Waals surface area (Å²) in [6.07, 6.45) is 2.69. The average Bonchev–Trinajstić information content (AvgIpc) is 2.71. The second-order valence-corrected chi connectivity index (χ2v) is 6.39. The lowest BCUT2D eigenvalue weighted by Crippen LogP contribution is -2.38. The van der Waals surface area contributed by atoms with Crippen LogP contribution in [0.25, 0.3) is 0 Å². The summed E-state index contributed by atoms with van der Waals surface area (Å²) in [5.74, 6) is 2.09. The van der Waals surface area contributed by atoms with Crippen LogP contribution in [0.15, 0.2) is 0 Å². The van der Waals surface area contributed by atoms with Crippen molar-refractivity contribution in [2.45, 2.75) is 44.0 Å². The minimum absolute atomic E-state index is 0.755. The van der Waals surface area contributed by atoms with Gasteiger partial charge in [-0.1, -0.05) is 6.92 Å². The molecule has 2 saturated heterocycles. The van der Waals surface area contributed by atoms with Gasteiger partial charge in [-0.25, -0.2) is 0 Å². The summed E-state index contributed by atoms with van der Waals surface area (Å²) in [6, 6.07) is 1.60. The van der Waals surface area contributed by atoms with E-state index < -0.39 is 0 Å². The summed E-state index contributed by atoms with van der Waals surface area (Å²) in [7, 11) is 0. The predicted molar refractivity (Wildman–Crippen MR) is 63.7 cm³/mol. The lowest BCUT2D eigenvalue weighted by molar-refractivity contribution is 0.199. The second-order valence-electron chi connectivity index (χ2n) is 4.92. The van der Waals surface area contributed by atoms with Crippen molar-refractivity contribution in [2.24, 2.45) is 11.7 Å². The lowest BCUT2D eigenvalue weighted by atomic mass is 10.1. The van der Waals surface area contributed by atoms with Crippen LogP contribution in [0.4, 0.5) is 0 Å². The van der Waals surface area contributed by atoms with Crippen LogP contribution in [-0.4, -0.2) is 41.1 Å². The molecule has 0 bridgehead atoms. The lowest BCUT2D eigenvalue weighted by Gasteiger charge is -2.27. The Hall–Kier alpha value is 0.270. The number of rotatable bonds is 2. The van der Waals surface area contributed by atoms with Crippen LogP contribution < -0.4 is 5.73 Å². The number of hydrogen-bond acceptors (Lipinski definition) is 3. The molecule has 0 aromatic carbocycles. The van der Waals surface area contributed by atoms with E-state index >= 15 is 0 Å². The SMILES string of the molecule is CC1CC(N2CC(CN)CC2C)CS1. The molecular formula is C11H22N2S. The molecule has 2 heterocycles. The number of hydrogen-bond donors (Lipinski definition) is 1. The zero-order chi connectivity index (χ0) is 10.1. The highest BCUT2D eigenvalue weighted by atomic mass is 32.2. The molecular weight excluding hydrogens is 192 g/mol. The number of likely N-dealkylation sites (tertiary alicyclic amines) is 1. The van der Waals surface area contributed by atoms with E-state index in [9.17, 15) is 0 Å². The van der Waals surface area contributed by atoms with Gasteiger partial charge in [0, 0.05) is 29.6 Å². The molecule has 82 valence electrons. The Balaban J connectivity index is 1.91. The average molecular weight is 214 g/mol. The maximum absolute atomic E-state index is 5.75. The Labute approximate surface area is 91.6 Å². The minimum Gasteiger partial charge on any atom is -0.330 e. The van der Waals surface area contributed by atoms with Gasteiger partial charge in [-0.05, 0) is 32.2 Å². The molecule has 2 nitrogen and oxygen atoms in total. The standard InChI is InChI=1S/C11H22N2S/c1-8-3-10(5-12)6-13(8)11-4-9(2)14-7-11/h8-11H,3-7,12H2,1-2H3. The molecule has 2 aliphatic heterocycles. The van der Waals surface area contributed by atoms with Crippen LogP contribution in [0, 0.1) is 5.92 Å². The zero-order valence-corrected chi connectivity index (χ0v) is 10.1. The molecule has 0 aromatic rings. The van der Waals surface area contributed by atoms with Gasteiger partial charge in [0.25, 0.3) is 0 Å². The van der Waals surface area contributed by atoms with Crippen LogP contribution in [0.1, 0.15) is 26.7 Å². The largest absolute Gasteiger partial charge is 0.330 e. The minimum atomic E-state index is 0.755. The van der Waals surface area contributed by atoms with Crippen molar-refractivity contribution in [2.75, 3.05) is 18.8 Å². The van der Waals surface area contributed by atoms with Crippen molar-refractivity contribution in [1.82, 2.24) is 4.90 Å². The Morgan fingerprint density at radius 1 is 1.36 bits per heavy atom. The molecule has 0 aliphatic carbocycles. The highest BCUT2D eigenvalue weighted by Crippen LogP contribution is 2.34. The molecule has 0 spiro atoms. The first kappa shape index (κ1) is 10.8. The van der Waals surface area contributed by atoms with Crippen molar-refractivity contribution < 1.29 is 0 Å². The Morgan fingerprint density at radius 2 is 2.14 bits per heavy atom. The third-order valence-corrected chi connectivity index (χ3v) is 5.03. The van der Waals surface area contributed by atoms with Gasteiger partial charge < -0.3 is 5.73 Å². The monoisotopic (exact) mass is 214 g/mol. The van der Waals surface area contributed by atoms with E-state index in [1.807, 2.05) is 0 Å². The molecule has 0 saturated carbocycles. The molecule has 0 radical (unpaired) electrons. The van der Waals surface area contributed by atoms with Crippen LogP contribution in [0.5, 0.6) is 0 Å². The van der Waals surface area contributed by atoms with Crippen LogP contribution in [0.3, 0.4) is 0 Å². The number of nitrogens with two attached hydrogens (primary N) is 1. The maximum Gasteiger partial charge on any atom is 0.0199 e. The Morgan fingerprint density at radius 3 is 2.64 bits per heavy atom. The number of thioether (sulfide) groups is 1. The molecule has 2 aliphatic rings. The number of nitrogens with zero attached hydrogens (tertiary/aromatic N) is 1. The maximum atomic E-state index is 5.75. The third-order valence-electron chi connectivity index (χ3n) is 3.69. The fraction of sp³-hybridized carbons (Fsp3) is 1.00. The normalized spacial score (nSPS) is 44.8. The first-order valence-electron chi connectivity index (χ1n) is 5.78. The molecule has 0 amide bonds. The van der Waals surface area contributed by atoms with Gasteiger partial charge in [-0.2, -0.15) is 11.8 Å². The van der Waals surface area contributed by atoms with E-state index in [0.29, 0.717) is 0 Å². The summed E-state index contributed by atoms with van der Waals surface area (Å²) in [4.78, 5) is 2.70.